The molecule has 164 valence electrons. The quantitative estimate of drug-likeness (QED) is 0.601. The average molecular weight is 427 g/mol. The Kier molecular flexibility index (Phi) is 5.95. The van der Waals surface area contributed by atoms with Crippen LogP contribution in [0.15, 0.2) is 78.9 Å². The van der Waals surface area contributed by atoms with Crippen molar-refractivity contribution in [1.82, 2.24) is 9.80 Å². The highest BCUT2D eigenvalue weighted by molar-refractivity contribution is 6.01. The van der Waals surface area contributed by atoms with Crippen LogP contribution in [0.4, 0.5) is 0 Å². The van der Waals surface area contributed by atoms with Gasteiger partial charge in [-0.25, -0.2) is 0 Å². The predicted molar refractivity (Wildman–Crippen MR) is 127 cm³/mol. The van der Waals surface area contributed by atoms with Gasteiger partial charge in [-0.15, -0.1) is 0 Å². The number of nitrogens with zero attached hydrogens (tertiary/aromatic N) is 2. The van der Waals surface area contributed by atoms with Gasteiger partial charge in [0.2, 0.25) is 0 Å². The van der Waals surface area contributed by atoms with Crippen molar-refractivity contribution in [1.29, 1.82) is 0 Å². The Bertz CT molecular complexity index is 1020. The fourth-order valence-corrected chi connectivity index (χ4v) is 5.32. The summed E-state index contributed by atoms with van der Waals surface area (Å²) in [7, 11) is 0. The van der Waals surface area contributed by atoms with E-state index in [0.29, 0.717) is 18.0 Å². The van der Waals surface area contributed by atoms with Crippen LogP contribution in [0.1, 0.15) is 52.2 Å². The van der Waals surface area contributed by atoms with Gasteiger partial charge in [0.15, 0.2) is 0 Å². The van der Waals surface area contributed by atoms with E-state index < -0.39 is 0 Å². The van der Waals surface area contributed by atoms with Gasteiger partial charge in [-0.1, -0.05) is 72.8 Å². The van der Waals surface area contributed by atoms with Crippen molar-refractivity contribution in [2.45, 2.75) is 37.8 Å². The second kappa shape index (κ2) is 9.17. The van der Waals surface area contributed by atoms with Crippen molar-refractivity contribution < 1.29 is 9.90 Å². The molecule has 32 heavy (non-hydrogen) atoms. The molecule has 0 atom stereocenters. The van der Waals surface area contributed by atoms with Crippen molar-refractivity contribution in [3.63, 3.8) is 0 Å². The Morgan fingerprint density at radius 2 is 1.47 bits per heavy atom. The van der Waals surface area contributed by atoms with Crippen LogP contribution in [-0.2, 0) is 6.54 Å². The molecule has 0 spiro atoms. The fraction of sp³-hybridized carbons (Fsp3) is 0.321. The predicted octanol–water partition coefficient (Wildman–Crippen LogP) is 5.03. The first-order valence-corrected chi connectivity index (χ1v) is 11.6. The number of carbonyl (C=O) groups is 1. The summed E-state index contributed by atoms with van der Waals surface area (Å²) in [4.78, 5) is 17.4. The number of amides is 1. The Balaban J connectivity index is 1.20. The molecule has 3 aromatic carbocycles. The summed E-state index contributed by atoms with van der Waals surface area (Å²) in [5, 5.41) is 10.1. The van der Waals surface area contributed by atoms with Crippen LogP contribution in [0.2, 0.25) is 0 Å². The summed E-state index contributed by atoms with van der Waals surface area (Å²) in [6.07, 6.45) is 3.06. The summed E-state index contributed by atoms with van der Waals surface area (Å²) in [6, 6.07) is 27.2. The first-order valence-electron chi connectivity index (χ1n) is 11.6. The first kappa shape index (κ1) is 20.8. The molecule has 0 bridgehead atoms. The van der Waals surface area contributed by atoms with E-state index in [1.165, 1.54) is 11.1 Å². The van der Waals surface area contributed by atoms with Crippen LogP contribution < -0.4 is 0 Å². The summed E-state index contributed by atoms with van der Waals surface area (Å²) in [5.74, 6) is 0.498. The number of hydrogen-bond acceptors (Lipinski definition) is 3. The first-order chi connectivity index (χ1) is 15.7. The number of phenols is 1. The zero-order valence-corrected chi connectivity index (χ0v) is 18.4. The van der Waals surface area contributed by atoms with Gasteiger partial charge in [-0.05, 0) is 48.6 Å². The summed E-state index contributed by atoms with van der Waals surface area (Å²) >= 11 is 0. The molecule has 1 saturated heterocycles. The SMILES string of the molecule is O=C1c2c(O)cccc2CN1C1CCN(CCC(c2ccccc2)c2ccccc2)CC1. The number of aromatic hydroxyl groups is 1. The van der Waals surface area contributed by atoms with Crippen molar-refractivity contribution in [2.24, 2.45) is 0 Å². The minimum Gasteiger partial charge on any atom is -0.507 e. The van der Waals surface area contributed by atoms with Crippen LogP contribution in [0.5, 0.6) is 5.75 Å². The van der Waals surface area contributed by atoms with Gasteiger partial charge in [-0.3, -0.25) is 4.79 Å². The third-order valence-corrected chi connectivity index (χ3v) is 7.08. The molecule has 2 aliphatic heterocycles. The van der Waals surface area contributed by atoms with Crippen LogP contribution >= 0.6 is 0 Å². The lowest BCUT2D eigenvalue weighted by molar-refractivity contribution is 0.0594. The molecule has 0 saturated carbocycles. The highest BCUT2D eigenvalue weighted by Crippen LogP contribution is 2.34. The minimum atomic E-state index is -0.00947. The van der Waals surface area contributed by atoms with Crippen molar-refractivity contribution in [3.8, 4) is 5.75 Å². The van der Waals surface area contributed by atoms with E-state index in [9.17, 15) is 9.90 Å². The molecule has 1 fully saturated rings. The van der Waals surface area contributed by atoms with Gasteiger partial charge >= 0.3 is 0 Å². The lowest BCUT2D eigenvalue weighted by atomic mass is 9.88. The molecule has 0 unspecified atom stereocenters. The molecule has 1 amide bonds. The summed E-state index contributed by atoms with van der Waals surface area (Å²) < 4.78 is 0. The Labute approximate surface area is 190 Å². The van der Waals surface area contributed by atoms with Gasteiger partial charge in [0.05, 0.1) is 5.56 Å². The summed E-state index contributed by atoms with van der Waals surface area (Å²) in [5.41, 5.74) is 4.19. The number of hydrogen-bond donors (Lipinski definition) is 1. The third-order valence-electron chi connectivity index (χ3n) is 7.08. The van der Waals surface area contributed by atoms with Crippen LogP contribution in [0, 0.1) is 0 Å². The molecule has 2 heterocycles. The van der Waals surface area contributed by atoms with E-state index in [0.717, 1.165) is 44.5 Å². The second-order valence-corrected chi connectivity index (χ2v) is 8.98. The number of phenolic OH excluding ortho intramolecular Hbond substituents is 1. The molecule has 0 radical (unpaired) electrons. The molecule has 5 rings (SSSR count). The monoisotopic (exact) mass is 426 g/mol. The lowest BCUT2D eigenvalue weighted by Crippen LogP contribution is -2.45. The number of benzene rings is 3. The molecular formula is C28H30N2O2. The Hall–Kier alpha value is -3.11. The van der Waals surface area contributed by atoms with E-state index in [-0.39, 0.29) is 17.7 Å². The van der Waals surface area contributed by atoms with E-state index in [1.54, 1.807) is 6.07 Å². The third kappa shape index (κ3) is 4.15. The Morgan fingerprint density at radius 3 is 2.06 bits per heavy atom. The topological polar surface area (TPSA) is 43.8 Å². The van der Waals surface area contributed by atoms with Crippen molar-refractivity contribution >= 4 is 5.91 Å². The van der Waals surface area contributed by atoms with Crippen LogP contribution in [0.25, 0.3) is 0 Å². The fourth-order valence-electron chi connectivity index (χ4n) is 5.32. The number of rotatable bonds is 6. The van der Waals surface area contributed by atoms with E-state index in [1.807, 2.05) is 17.0 Å². The van der Waals surface area contributed by atoms with Crippen molar-refractivity contribution in [2.75, 3.05) is 19.6 Å². The van der Waals surface area contributed by atoms with Crippen LogP contribution in [-0.4, -0.2) is 46.5 Å². The van der Waals surface area contributed by atoms with Gasteiger partial charge in [0.1, 0.15) is 5.75 Å². The highest BCUT2D eigenvalue weighted by Gasteiger charge is 2.36. The van der Waals surface area contributed by atoms with Crippen molar-refractivity contribution in [3.05, 3.63) is 101 Å². The lowest BCUT2D eigenvalue weighted by Gasteiger charge is -2.37. The molecule has 2 aliphatic rings. The maximum absolute atomic E-state index is 12.9. The van der Waals surface area contributed by atoms with Gasteiger partial charge in [0, 0.05) is 31.6 Å². The second-order valence-electron chi connectivity index (χ2n) is 8.98. The minimum absolute atomic E-state index is 0.00947. The van der Waals surface area contributed by atoms with Crippen LogP contribution in [0.3, 0.4) is 0 Å². The maximum atomic E-state index is 12.9. The molecule has 0 aliphatic carbocycles. The van der Waals surface area contributed by atoms with Gasteiger partial charge in [0.25, 0.3) is 5.91 Å². The molecular weight excluding hydrogens is 396 g/mol. The number of likely N-dealkylation sites (tertiary alicyclic amines) is 1. The zero-order chi connectivity index (χ0) is 21.9. The zero-order valence-electron chi connectivity index (χ0n) is 18.4. The van der Waals surface area contributed by atoms with Gasteiger partial charge in [-0.2, -0.15) is 0 Å². The standard InChI is InChI=1S/C28H30N2O2/c31-26-13-7-12-23-20-30(28(32)27(23)26)24-14-17-29(18-15-24)19-16-25(21-8-3-1-4-9-21)22-10-5-2-6-11-22/h1-13,24-25,31H,14-20H2. The van der Waals surface area contributed by atoms with Gasteiger partial charge < -0.3 is 14.9 Å². The van der Waals surface area contributed by atoms with E-state index in [2.05, 4.69) is 65.6 Å². The molecule has 4 nitrogen and oxygen atoms in total. The van der Waals surface area contributed by atoms with E-state index in [4.69, 9.17) is 0 Å². The normalized spacial score (nSPS) is 17.2. The average Bonchev–Trinajstić information content (AvgIpc) is 3.18. The molecule has 3 aromatic rings. The maximum Gasteiger partial charge on any atom is 0.258 e. The number of piperidine rings is 1. The molecule has 4 heteroatoms. The highest BCUT2D eigenvalue weighted by atomic mass is 16.3. The molecule has 0 aromatic heterocycles. The smallest absolute Gasteiger partial charge is 0.258 e. The summed E-state index contributed by atoms with van der Waals surface area (Å²) in [6.45, 7) is 3.69. The molecule has 1 N–H and O–H groups in total. The Morgan fingerprint density at radius 1 is 0.844 bits per heavy atom. The number of carbonyl (C=O) groups excluding carboxylic acids is 1. The largest absolute Gasteiger partial charge is 0.507 e. The van der Waals surface area contributed by atoms with E-state index >= 15 is 0 Å². The number of fused-ring (bicyclic) bond motifs is 1.